The summed E-state index contributed by atoms with van der Waals surface area (Å²) in [4.78, 5) is 15.3. The van der Waals surface area contributed by atoms with E-state index in [1.54, 1.807) is 31.2 Å². The highest BCUT2D eigenvalue weighted by Crippen LogP contribution is 2.27. The molecule has 1 aromatic heterocycles. The number of nitrogens with zero attached hydrogens (tertiary/aromatic N) is 1. The molecule has 0 radical (unpaired) electrons. The molecule has 0 aliphatic rings. The fourth-order valence-electron chi connectivity index (χ4n) is 2.21. The molecule has 2 atom stereocenters. The van der Waals surface area contributed by atoms with E-state index in [0.717, 1.165) is 23.9 Å². The first-order valence-electron chi connectivity index (χ1n) is 7.34. The van der Waals surface area contributed by atoms with E-state index in [4.69, 9.17) is 0 Å². The van der Waals surface area contributed by atoms with E-state index in [0.29, 0.717) is 0 Å². The minimum absolute atomic E-state index is 0.0315. The average molecular weight is 338 g/mol. The van der Waals surface area contributed by atoms with Crippen molar-refractivity contribution >= 4 is 5.91 Å². The number of aliphatic hydroxyl groups is 1. The highest BCUT2D eigenvalue weighted by Gasteiger charge is 2.32. The molecular weight excluding hydrogens is 321 g/mol. The van der Waals surface area contributed by atoms with Crippen molar-refractivity contribution in [3.8, 4) is 0 Å². The molecule has 0 fully saturated rings. The first-order valence-corrected chi connectivity index (χ1v) is 7.34. The van der Waals surface area contributed by atoms with Crippen LogP contribution in [-0.4, -0.2) is 22.0 Å². The van der Waals surface area contributed by atoms with E-state index in [2.05, 4.69) is 10.3 Å². The molecule has 0 bridgehead atoms. The number of halogens is 3. The van der Waals surface area contributed by atoms with E-state index in [1.165, 1.54) is 0 Å². The summed E-state index contributed by atoms with van der Waals surface area (Å²) in [5, 5.41) is 12.7. The highest BCUT2D eigenvalue weighted by molar-refractivity contribution is 5.94. The van der Waals surface area contributed by atoms with Crippen molar-refractivity contribution in [3.63, 3.8) is 0 Å². The maximum Gasteiger partial charge on any atom is 0.433 e. The molecule has 1 aromatic carbocycles. The Bertz CT molecular complexity index is 672. The van der Waals surface area contributed by atoms with Gasteiger partial charge in [-0.1, -0.05) is 30.3 Å². The molecule has 2 aromatic rings. The van der Waals surface area contributed by atoms with Gasteiger partial charge in [-0.2, -0.15) is 13.2 Å². The third kappa shape index (κ3) is 4.79. The van der Waals surface area contributed by atoms with Gasteiger partial charge in [0.15, 0.2) is 0 Å². The maximum atomic E-state index is 12.4. The van der Waals surface area contributed by atoms with E-state index < -0.39 is 23.9 Å². The summed E-state index contributed by atoms with van der Waals surface area (Å²) in [7, 11) is 0. The first kappa shape index (κ1) is 17.9. The molecule has 7 heteroatoms. The number of hydrogen-bond donors (Lipinski definition) is 2. The molecule has 2 N–H and O–H groups in total. The van der Waals surface area contributed by atoms with Crippen LogP contribution in [0.4, 0.5) is 13.2 Å². The number of carbonyl (C=O) groups is 1. The van der Waals surface area contributed by atoms with Gasteiger partial charge in [-0.05, 0) is 31.0 Å². The predicted molar refractivity (Wildman–Crippen MR) is 82.2 cm³/mol. The lowest BCUT2D eigenvalue weighted by Crippen LogP contribution is -2.33. The average Bonchev–Trinajstić information content (AvgIpc) is 2.54. The van der Waals surface area contributed by atoms with Crippen LogP contribution >= 0.6 is 0 Å². The SMILES string of the molecule is CC(CC(O)c1ccccc1)NC(=O)c1ccc(C(F)(F)F)nc1. The molecular formula is C17H17F3N2O2. The lowest BCUT2D eigenvalue weighted by Gasteiger charge is -2.18. The Hall–Kier alpha value is -2.41. The van der Waals surface area contributed by atoms with Gasteiger partial charge in [-0.25, -0.2) is 0 Å². The number of rotatable bonds is 5. The van der Waals surface area contributed by atoms with Crippen LogP contribution in [0.15, 0.2) is 48.7 Å². The Morgan fingerprint density at radius 1 is 1.21 bits per heavy atom. The van der Waals surface area contributed by atoms with E-state index in [9.17, 15) is 23.1 Å². The van der Waals surface area contributed by atoms with Crippen LogP contribution in [0.2, 0.25) is 0 Å². The molecule has 0 spiro atoms. The Balaban J connectivity index is 1.94. The van der Waals surface area contributed by atoms with Gasteiger partial charge in [0.1, 0.15) is 5.69 Å². The fraction of sp³-hybridized carbons (Fsp3) is 0.294. The molecule has 0 saturated heterocycles. The summed E-state index contributed by atoms with van der Waals surface area (Å²) in [6.07, 6.45) is -4.11. The van der Waals surface area contributed by atoms with Crippen LogP contribution in [0.5, 0.6) is 0 Å². The Morgan fingerprint density at radius 3 is 2.42 bits per heavy atom. The van der Waals surface area contributed by atoms with E-state index >= 15 is 0 Å². The van der Waals surface area contributed by atoms with E-state index in [1.807, 2.05) is 6.07 Å². The zero-order valence-corrected chi connectivity index (χ0v) is 12.9. The third-order valence-electron chi connectivity index (χ3n) is 3.45. The molecule has 0 saturated carbocycles. The van der Waals surface area contributed by atoms with Crippen molar-refractivity contribution in [3.05, 3.63) is 65.5 Å². The lowest BCUT2D eigenvalue weighted by atomic mass is 10.0. The summed E-state index contributed by atoms with van der Waals surface area (Å²) >= 11 is 0. The van der Waals surface area contributed by atoms with Crippen molar-refractivity contribution in [1.29, 1.82) is 0 Å². The Labute approximate surface area is 137 Å². The second kappa shape index (κ2) is 7.44. The molecule has 1 amide bonds. The predicted octanol–water partition coefficient (Wildman–Crippen LogP) is 3.34. The number of carbonyl (C=O) groups excluding carboxylic acids is 1. The number of amides is 1. The molecule has 24 heavy (non-hydrogen) atoms. The van der Waals surface area contributed by atoms with Crippen LogP contribution in [0.3, 0.4) is 0 Å². The normalized spacial score (nSPS) is 14.0. The minimum atomic E-state index is -4.54. The number of benzene rings is 1. The van der Waals surface area contributed by atoms with Gasteiger partial charge >= 0.3 is 6.18 Å². The number of nitrogens with one attached hydrogen (secondary N) is 1. The molecule has 1 heterocycles. The molecule has 2 unspecified atom stereocenters. The zero-order chi connectivity index (χ0) is 17.7. The number of aromatic nitrogens is 1. The van der Waals surface area contributed by atoms with Crippen LogP contribution in [0, 0.1) is 0 Å². The standard InChI is InChI=1S/C17H17F3N2O2/c1-11(9-14(23)12-5-3-2-4-6-12)22-16(24)13-7-8-15(21-10-13)17(18,19)20/h2-8,10-11,14,23H,9H2,1H3,(H,22,24). The lowest BCUT2D eigenvalue weighted by molar-refractivity contribution is -0.141. The Morgan fingerprint density at radius 2 is 1.88 bits per heavy atom. The van der Waals surface area contributed by atoms with Gasteiger partial charge in [0, 0.05) is 12.2 Å². The number of alkyl halides is 3. The second-order valence-corrected chi connectivity index (χ2v) is 5.47. The van der Waals surface area contributed by atoms with Gasteiger partial charge in [-0.15, -0.1) is 0 Å². The van der Waals surface area contributed by atoms with Gasteiger partial charge in [-0.3, -0.25) is 9.78 Å². The fourth-order valence-corrected chi connectivity index (χ4v) is 2.21. The van der Waals surface area contributed by atoms with Crippen LogP contribution < -0.4 is 5.32 Å². The molecule has 2 rings (SSSR count). The summed E-state index contributed by atoms with van der Waals surface area (Å²) in [5.41, 5.74) is -0.287. The van der Waals surface area contributed by atoms with Crippen molar-refractivity contribution in [1.82, 2.24) is 10.3 Å². The molecule has 0 aliphatic heterocycles. The van der Waals surface area contributed by atoms with Gasteiger partial charge in [0.05, 0.1) is 11.7 Å². The largest absolute Gasteiger partial charge is 0.433 e. The first-order chi connectivity index (χ1) is 11.3. The maximum absolute atomic E-state index is 12.4. The summed E-state index contributed by atoms with van der Waals surface area (Å²) in [6.45, 7) is 1.71. The van der Waals surface area contributed by atoms with Crippen LogP contribution in [0.1, 0.15) is 41.1 Å². The van der Waals surface area contributed by atoms with Crippen LogP contribution in [-0.2, 0) is 6.18 Å². The van der Waals surface area contributed by atoms with Gasteiger partial charge in [0.25, 0.3) is 5.91 Å². The number of aliphatic hydroxyl groups excluding tert-OH is 1. The van der Waals surface area contributed by atoms with Crippen molar-refractivity contribution < 1.29 is 23.1 Å². The number of hydrogen-bond acceptors (Lipinski definition) is 3. The summed E-state index contributed by atoms with van der Waals surface area (Å²) in [6, 6.07) is 10.5. The van der Waals surface area contributed by atoms with Crippen molar-refractivity contribution in [2.24, 2.45) is 0 Å². The van der Waals surface area contributed by atoms with Crippen molar-refractivity contribution in [2.75, 3.05) is 0 Å². The van der Waals surface area contributed by atoms with Gasteiger partial charge in [0.2, 0.25) is 0 Å². The van der Waals surface area contributed by atoms with Crippen LogP contribution in [0.25, 0.3) is 0 Å². The van der Waals surface area contributed by atoms with E-state index in [-0.39, 0.29) is 18.0 Å². The quantitative estimate of drug-likeness (QED) is 0.879. The second-order valence-electron chi connectivity index (χ2n) is 5.47. The number of pyridine rings is 1. The molecule has 4 nitrogen and oxygen atoms in total. The smallest absolute Gasteiger partial charge is 0.388 e. The summed E-state index contributed by atoms with van der Waals surface area (Å²) in [5.74, 6) is -0.538. The minimum Gasteiger partial charge on any atom is -0.388 e. The third-order valence-corrected chi connectivity index (χ3v) is 3.45. The Kier molecular flexibility index (Phi) is 5.56. The summed E-state index contributed by atoms with van der Waals surface area (Å²) < 4.78 is 37.3. The van der Waals surface area contributed by atoms with Crippen molar-refractivity contribution in [2.45, 2.75) is 31.7 Å². The van der Waals surface area contributed by atoms with Gasteiger partial charge < -0.3 is 10.4 Å². The molecule has 128 valence electrons. The topological polar surface area (TPSA) is 62.2 Å². The monoisotopic (exact) mass is 338 g/mol. The molecule has 0 aliphatic carbocycles. The highest BCUT2D eigenvalue weighted by atomic mass is 19.4. The zero-order valence-electron chi connectivity index (χ0n) is 12.9.